The molecule has 0 aromatic heterocycles. The molecule has 3 aliphatic rings. The predicted octanol–water partition coefficient (Wildman–Crippen LogP) is 2.59. The van der Waals surface area contributed by atoms with Crippen LogP contribution in [0.15, 0.2) is 30.3 Å². The Bertz CT molecular complexity index is 699. The molecule has 2 amide bonds. The third-order valence-electron chi connectivity index (χ3n) is 6.39. The van der Waals surface area contributed by atoms with Gasteiger partial charge in [0.2, 0.25) is 11.8 Å². The lowest BCUT2D eigenvalue weighted by Crippen LogP contribution is -2.51. The van der Waals surface area contributed by atoms with Crippen LogP contribution in [0.1, 0.15) is 45.1 Å². The molecule has 0 N–H and O–H groups in total. The van der Waals surface area contributed by atoms with E-state index in [0.717, 1.165) is 19.4 Å². The van der Waals surface area contributed by atoms with Crippen molar-refractivity contribution in [3.8, 4) is 0 Å². The number of benzene rings is 1. The molecule has 146 valence electrons. The van der Waals surface area contributed by atoms with Crippen LogP contribution in [0.3, 0.4) is 0 Å². The number of amides is 2. The van der Waals surface area contributed by atoms with Crippen LogP contribution in [-0.2, 0) is 19.7 Å². The Morgan fingerprint density at radius 2 is 1.85 bits per heavy atom. The van der Waals surface area contributed by atoms with Crippen molar-refractivity contribution in [2.75, 3.05) is 26.3 Å². The van der Waals surface area contributed by atoms with Crippen LogP contribution in [-0.4, -0.2) is 60.0 Å². The van der Waals surface area contributed by atoms with Crippen LogP contribution in [0.25, 0.3) is 0 Å². The molecule has 3 fully saturated rings. The number of piperidine rings is 1. The molecule has 3 aliphatic heterocycles. The van der Waals surface area contributed by atoms with Gasteiger partial charge in [-0.05, 0) is 24.3 Å². The second kappa shape index (κ2) is 7.27. The summed E-state index contributed by atoms with van der Waals surface area (Å²) >= 11 is 0. The molecule has 3 saturated heterocycles. The van der Waals surface area contributed by atoms with E-state index in [1.165, 1.54) is 5.56 Å². The van der Waals surface area contributed by atoms with Gasteiger partial charge in [0.25, 0.3) is 0 Å². The molecule has 1 aromatic rings. The van der Waals surface area contributed by atoms with E-state index in [2.05, 4.69) is 30.9 Å². The Balaban J connectivity index is 1.43. The highest BCUT2D eigenvalue weighted by Crippen LogP contribution is 2.38. The Labute approximate surface area is 161 Å². The van der Waals surface area contributed by atoms with Gasteiger partial charge in [0, 0.05) is 32.0 Å². The van der Waals surface area contributed by atoms with Crippen LogP contribution in [0.2, 0.25) is 0 Å². The minimum atomic E-state index is -0.178. The van der Waals surface area contributed by atoms with Gasteiger partial charge >= 0.3 is 0 Å². The molecule has 2 unspecified atom stereocenters. The molecule has 4 rings (SSSR count). The first-order chi connectivity index (χ1) is 13.0. The predicted molar refractivity (Wildman–Crippen MR) is 103 cm³/mol. The van der Waals surface area contributed by atoms with E-state index in [0.29, 0.717) is 44.6 Å². The molecular weight excluding hydrogens is 340 g/mol. The highest BCUT2D eigenvalue weighted by molar-refractivity contribution is 5.80. The summed E-state index contributed by atoms with van der Waals surface area (Å²) in [6.07, 6.45) is 2.94. The van der Waals surface area contributed by atoms with Gasteiger partial charge in [-0.2, -0.15) is 0 Å². The van der Waals surface area contributed by atoms with Crippen molar-refractivity contribution < 1.29 is 14.3 Å². The van der Waals surface area contributed by atoms with Crippen molar-refractivity contribution in [1.82, 2.24) is 9.80 Å². The quantitative estimate of drug-likeness (QED) is 0.800. The maximum absolute atomic E-state index is 13.2. The standard InChI is InChI=1S/C22H30N2O3/c1-16(2)10-20(25)23-9-8-18-11-19(23)13-24(18)21(26)12-22(14-27-15-22)17-6-4-3-5-7-17/h3-7,16,18-19H,8-15H2,1-2H3. The third-order valence-corrected chi connectivity index (χ3v) is 6.39. The lowest BCUT2D eigenvalue weighted by Gasteiger charge is -2.42. The molecule has 0 spiro atoms. The number of ether oxygens (including phenoxy) is 1. The molecule has 2 bridgehead atoms. The summed E-state index contributed by atoms with van der Waals surface area (Å²) in [6.45, 7) is 6.88. The molecule has 5 heteroatoms. The molecule has 0 saturated carbocycles. The fraction of sp³-hybridized carbons (Fsp3) is 0.636. The molecule has 0 radical (unpaired) electrons. The van der Waals surface area contributed by atoms with E-state index >= 15 is 0 Å². The first kappa shape index (κ1) is 18.5. The van der Waals surface area contributed by atoms with Gasteiger partial charge in [-0.25, -0.2) is 0 Å². The van der Waals surface area contributed by atoms with Crippen LogP contribution >= 0.6 is 0 Å². The van der Waals surface area contributed by atoms with Gasteiger partial charge in [-0.1, -0.05) is 44.2 Å². The highest BCUT2D eigenvalue weighted by Gasteiger charge is 2.47. The van der Waals surface area contributed by atoms with E-state index in [1.807, 2.05) is 23.1 Å². The zero-order valence-corrected chi connectivity index (χ0v) is 16.4. The van der Waals surface area contributed by atoms with Crippen molar-refractivity contribution in [1.29, 1.82) is 0 Å². The maximum atomic E-state index is 13.2. The zero-order chi connectivity index (χ0) is 19.0. The van der Waals surface area contributed by atoms with Gasteiger partial charge in [-0.3, -0.25) is 9.59 Å². The van der Waals surface area contributed by atoms with Gasteiger partial charge < -0.3 is 14.5 Å². The normalized spacial score (nSPS) is 26.2. The summed E-state index contributed by atoms with van der Waals surface area (Å²) in [6, 6.07) is 10.8. The fourth-order valence-electron chi connectivity index (χ4n) is 4.86. The van der Waals surface area contributed by atoms with Crippen LogP contribution in [0.4, 0.5) is 0 Å². The number of carbonyl (C=O) groups is 2. The lowest BCUT2D eigenvalue weighted by atomic mass is 9.75. The molecule has 27 heavy (non-hydrogen) atoms. The summed E-state index contributed by atoms with van der Waals surface area (Å²) < 4.78 is 5.50. The molecule has 3 heterocycles. The molecule has 2 atom stereocenters. The minimum absolute atomic E-state index is 0.178. The average molecular weight is 370 g/mol. The van der Waals surface area contributed by atoms with Crippen molar-refractivity contribution in [2.45, 2.75) is 57.0 Å². The summed E-state index contributed by atoms with van der Waals surface area (Å²) in [5.41, 5.74) is 1.02. The average Bonchev–Trinajstić information content (AvgIpc) is 2.94. The molecular formula is C22H30N2O3. The second-order valence-corrected chi connectivity index (χ2v) is 8.88. The zero-order valence-electron chi connectivity index (χ0n) is 16.4. The fourth-order valence-corrected chi connectivity index (χ4v) is 4.86. The van der Waals surface area contributed by atoms with Gasteiger partial charge in [0.05, 0.1) is 24.7 Å². The van der Waals surface area contributed by atoms with Gasteiger partial charge in [0.15, 0.2) is 0 Å². The summed E-state index contributed by atoms with van der Waals surface area (Å²) in [7, 11) is 0. The SMILES string of the molecule is CC(C)CC(=O)N1CCC2CC1CN2C(=O)CC1(c2ccccc2)COC1. The van der Waals surface area contributed by atoms with Crippen molar-refractivity contribution in [2.24, 2.45) is 5.92 Å². The Hall–Kier alpha value is -1.88. The molecule has 1 aromatic carbocycles. The minimum Gasteiger partial charge on any atom is -0.379 e. The van der Waals surface area contributed by atoms with Gasteiger partial charge in [0.1, 0.15) is 0 Å². The molecule has 0 aliphatic carbocycles. The van der Waals surface area contributed by atoms with Crippen molar-refractivity contribution in [3.05, 3.63) is 35.9 Å². The second-order valence-electron chi connectivity index (χ2n) is 8.88. The largest absolute Gasteiger partial charge is 0.379 e. The van der Waals surface area contributed by atoms with Crippen molar-refractivity contribution in [3.63, 3.8) is 0 Å². The van der Waals surface area contributed by atoms with Crippen LogP contribution in [0, 0.1) is 5.92 Å². The first-order valence-corrected chi connectivity index (χ1v) is 10.2. The van der Waals surface area contributed by atoms with Crippen LogP contribution < -0.4 is 0 Å². The lowest BCUT2D eigenvalue weighted by molar-refractivity contribution is -0.140. The monoisotopic (exact) mass is 370 g/mol. The summed E-state index contributed by atoms with van der Waals surface area (Å²) in [5, 5.41) is 0. The van der Waals surface area contributed by atoms with Gasteiger partial charge in [-0.15, -0.1) is 0 Å². The number of carbonyl (C=O) groups excluding carboxylic acids is 2. The number of fused-ring (bicyclic) bond motifs is 2. The third kappa shape index (κ3) is 3.49. The topological polar surface area (TPSA) is 49.9 Å². The van der Waals surface area contributed by atoms with E-state index in [4.69, 9.17) is 4.74 Å². The number of rotatable bonds is 5. The Morgan fingerprint density at radius 1 is 1.11 bits per heavy atom. The Morgan fingerprint density at radius 3 is 2.48 bits per heavy atom. The van der Waals surface area contributed by atoms with E-state index in [-0.39, 0.29) is 23.3 Å². The number of hydrogen-bond acceptors (Lipinski definition) is 3. The van der Waals surface area contributed by atoms with E-state index < -0.39 is 0 Å². The number of nitrogens with zero attached hydrogens (tertiary/aromatic N) is 2. The van der Waals surface area contributed by atoms with Crippen LogP contribution in [0.5, 0.6) is 0 Å². The summed E-state index contributed by atoms with van der Waals surface area (Å²) in [5.74, 6) is 0.836. The number of likely N-dealkylation sites (tertiary alicyclic amines) is 2. The number of hydrogen-bond donors (Lipinski definition) is 0. The van der Waals surface area contributed by atoms with E-state index in [9.17, 15) is 9.59 Å². The first-order valence-electron chi connectivity index (χ1n) is 10.2. The smallest absolute Gasteiger partial charge is 0.223 e. The maximum Gasteiger partial charge on any atom is 0.223 e. The van der Waals surface area contributed by atoms with Crippen molar-refractivity contribution >= 4 is 11.8 Å². The molecule has 5 nitrogen and oxygen atoms in total. The summed E-state index contributed by atoms with van der Waals surface area (Å²) in [4.78, 5) is 29.8. The highest BCUT2D eigenvalue weighted by atomic mass is 16.5. The van der Waals surface area contributed by atoms with E-state index in [1.54, 1.807) is 0 Å². The Kier molecular flexibility index (Phi) is 4.97.